The molecule has 0 saturated carbocycles. The number of amides is 1. The number of para-hydroxylation sites is 2. The van der Waals surface area contributed by atoms with Crippen molar-refractivity contribution in [3.8, 4) is 0 Å². The molecule has 0 radical (unpaired) electrons. The van der Waals surface area contributed by atoms with E-state index in [1.54, 1.807) is 39.6 Å². The highest BCUT2D eigenvalue weighted by molar-refractivity contribution is 7.90. The summed E-state index contributed by atoms with van der Waals surface area (Å²) in [5, 5.41) is 0. The van der Waals surface area contributed by atoms with E-state index in [9.17, 15) is 18.0 Å². The molecule has 0 atom stereocenters. The second-order valence-corrected chi connectivity index (χ2v) is 9.74. The first-order valence-electron chi connectivity index (χ1n) is 10.5. The highest BCUT2D eigenvalue weighted by Crippen LogP contribution is 2.28. The number of likely N-dealkylation sites (N-methyl/N-ethyl adjacent to an activating group) is 1. The number of benzene rings is 2. The molecule has 32 heavy (non-hydrogen) atoms. The van der Waals surface area contributed by atoms with E-state index < -0.39 is 10.0 Å². The first-order valence-corrected chi connectivity index (χ1v) is 11.9. The maximum atomic E-state index is 12.9. The summed E-state index contributed by atoms with van der Waals surface area (Å²) in [4.78, 5) is 31.8. The van der Waals surface area contributed by atoms with Crippen molar-refractivity contribution in [3.05, 3.63) is 64.6 Å². The smallest absolute Gasteiger partial charge is 0.326 e. The number of carbonyl (C=O) groups is 1. The van der Waals surface area contributed by atoms with Gasteiger partial charge in [-0.3, -0.25) is 9.36 Å². The number of sulfonamides is 1. The molecule has 1 aromatic heterocycles. The SMILES string of the molecule is CN(CC(=O)N1CCC(n2c(=O)[nH]c3ccccc32)CC1)C1=NS(=O)(=O)c2ccccc21. The second-order valence-electron chi connectivity index (χ2n) is 8.17. The molecule has 166 valence electrons. The summed E-state index contributed by atoms with van der Waals surface area (Å²) in [6.07, 6.45) is 1.35. The minimum atomic E-state index is -3.73. The molecule has 10 heteroatoms. The normalized spacial score (nSPS) is 17.9. The zero-order valence-electron chi connectivity index (χ0n) is 17.6. The number of piperidine rings is 1. The van der Waals surface area contributed by atoms with Gasteiger partial charge < -0.3 is 14.8 Å². The average molecular weight is 454 g/mol. The number of amidine groups is 1. The number of aromatic amines is 1. The third kappa shape index (κ3) is 3.40. The Morgan fingerprint density at radius 1 is 1.12 bits per heavy atom. The Morgan fingerprint density at radius 2 is 1.81 bits per heavy atom. The summed E-state index contributed by atoms with van der Waals surface area (Å²) >= 11 is 0. The van der Waals surface area contributed by atoms with Crippen LogP contribution < -0.4 is 5.69 Å². The summed E-state index contributed by atoms with van der Waals surface area (Å²) in [5.74, 6) is 0.191. The molecule has 3 aromatic rings. The van der Waals surface area contributed by atoms with Crippen molar-refractivity contribution in [1.82, 2.24) is 19.4 Å². The van der Waals surface area contributed by atoms with Crippen molar-refractivity contribution in [2.24, 2.45) is 4.40 Å². The second kappa shape index (κ2) is 7.63. The van der Waals surface area contributed by atoms with Gasteiger partial charge in [-0.1, -0.05) is 24.3 Å². The van der Waals surface area contributed by atoms with Crippen LogP contribution in [0.25, 0.3) is 11.0 Å². The van der Waals surface area contributed by atoms with E-state index in [1.165, 1.54) is 6.07 Å². The number of nitrogens with zero attached hydrogens (tertiary/aromatic N) is 4. The molecule has 0 aliphatic carbocycles. The summed E-state index contributed by atoms with van der Waals surface area (Å²) in [5.41, 5.74) is 2.07. The Bertz CT molecular complexity index is 1400. The molecule has 0 unspecified atom stereocenters. The van der Waals surface area contributed by atoms with Gasteiger partial charge in [0.25, 0.3) is 10.0 Å². The summed E-state index contributed by atoms with van der Waals surface area (Å²) in [6.45, 7) is 1.09. The van der Waals surface area contributed by atoms with Gasteiger partial charge in [-0.05, 0) is 37.1 Å². The molecular weight excluding hydrogens is 430 g/mol. The molecule has 0 bridgehead atoms. The Kier molecular flexibility index (Phi) is 4.89. The average Bonchev–Trinajstić information content (AvgIpc) is 3.27. The number of H-pyrrole nitrogens is 1. The number of aromatic nitrogens is 2. The lowest BCUT2D eigenvalue weighted by Gasteiger charge is -2.33. The third-order valence-corrected chi connectivity index (χ3v) is 7.48. The number of hydrogen-bond donors (Lipinski definition) is 1. The number of fused-ring (bicyclic) bond motifs is 2. The molecule has 1 fully saturated rings. The van der Waals surface area contributed by atoms with Crippen molar-refractivity contribution in [3.63, 3.8) is 0 Å². The van der Waals surface area contributed by atoms with Crippen LogP contribution in [0.2, 0.25) is 0 Å². The molecule has 1 amide bonds. The molecule has 1 N–H and O–H groups in total. The Balaban J connectivity index is 1.26. The standard InChI is InChI=1S/C22H23N5O4S/c1-25(21-16-6-2-5-9-19(16)32(30,31)24-21)14-20(28)26-12-10-15(11-13-26)27-18-8-4-3-7-17(18)23-22(27)29/h2-9,15H,10-14H2,1H3,(H,23,29). The van der Waals surface area contributed by atoms with E-state index >= 15 is 0 Å². The third-order valence-electron chi connectivity index (χ3n) is 6.15. The molecule has 1 saturated heterocycles. The van der Waals surface area contributed by atoms with Gasteiger partial charge in [0.15, 0.2) is 5.84 Å². The van der Waals surface area contributed by atoms with Crippen molar-refractivity contribution >= 4 is 32.8 Å². The number of hydrogen-bond acceptors (Lipinski definition) is 5. The molecule has 2 aromatic carbocycles. The summed E-state index contributed by atoms with van der Waals surface area (Å²) in [7, 11) is -2.06. The topological polar surface area (TPSA) is 108 Å². The molecule has 0 spiro atoms. The lowest BCUT2D eigenvalue weighted by atomic mass is 10.0. The molecule has 3 heterocycles. The van der Waals surface area contributed by atoms with Gasteiger partial charge in [0.2, 0.25) is 5.91 Å². The molecule has 9 nitrogen and oxygen atoms in total. The number of rotatable bonds is 3. The van der Waals surface area contributed by atoms with E-state index in [2.05, 4.69) is 9.38 Å². The fourth-order valence-electron chi connectivity index (χ4n) is 4.55. The van der Waals surface area contributed by atoms with Crippen LogP contribution in [0.1, 0.15) is 24.4 Å². The fraction of sp³-hybridized carbons (Fsp3) is 0.318. The van der Waals surface area contributed by atoms with E-state index in [1.807, 2.05) is 24.3 Å². The van der Waals surface area contributed by atoms with E-state index in [-0.39, 0.29) is 34.9 Å². The Labute approximate surface area is 185 Å². The molecule has 2 aliphatic heterocycles. The van der Waals surface area contributed by atoms with Gasteiger partial charge in [-0.2, -0.15) is 8.42 Å². The maximum absolute atomic E-state index is 12.9. The van der Waals surface area contributed by atoms with Crippen LogP contribution >= 0.6 is 0 Å². The number of carbonyl (C=O) groups excluding carboxylic acids is 1. The van der Waals surface area contributed by atoms with E-state index in [0.717, 1.165) is 11.0 Å². The van der Waals surface area contributed by atoms with E-state index in [4.69, 9.17) is 0 Å². The predicted molar refractivity (Wildman–Crippen MR) is 120 cm³/mol. The van der Waals surface area contributed by atoms with Crippen LogP contribution in [-0.4, -0.2) is 66.2 Å². The lowest BCUT2D eigenvalue weighted by Crippen LogP contribution is -2.45. The number of nitrogens with one attached hydrogen (secondary N) is 1. The molecule has 5 rings (SSSR count). The number of imidazole rings is 1. The van der Waals surface area contributed by atoms with Crippen LogP contribution in [0.4, 0.5) is 0 Å². The van der Waals surface area contributed by atoms with Crippen molar-refractivity contribution in [2.75, 3.05) is 26.7 Å². The van der Waals surface area contributed by atoms with Crippen LogP contribution in [0, 0.1) is 0 Å². The largest absolute Gasteiger partial charge is 0.349 e. The first-order chi connectivity index (χ1) is 15.3. The Morgan fingerprint density at radius 3 is 2.59 bits per heavy atom. The Hall–Kier alpha value is -3.40. The van der Waals surface area contributed by atoms with Crippen molar-refractivity contribution in [2.45, 2.75) is 23.8 Å². The van der Waals surface area contributed by atoms with Crippen molar-refractivity contribution in [1.29, 1.82) is 0 Å². The van der Waals surface area contributed by atoms with Gasteiger partial charge >= 0.3 is 5.69 Å². The highest BCUT2D eigenvalue weighted by Gasteiger charge is 2.32. The van der Waals surface area contributed by atoms with Crippen LogP contribution in [0.15, 0.2) is 62.6 Å². The van der Waals surface area contributed by atoms with Crippen molar-refractivity contribution < 1.29 is 13.2 Å². The summed E-state index contributed by atoms with van der Waals surface area (Å²) < 4.78 is 30.2. The van der Waals surface area contributed by atoms with Gasteiger partial charge in [-0.25, -0.2) is 4.79 Å². The van der Waals surface area contributed by atoms with Crippen LogP contribution in [0.3, 0.4) is 0 Å². The zero-order chi connectivity index (χ0) is 22.5. The monoisotopic (exact) mass is 453 g/mol. The highest BCUT2D eigenvalue weighted by atomic mass is 32.2. The lowest BCUT2D eigenvalue weighted by molar-refractivity contribution is -0.132. The quantitative estimate of drug-likeness (QED) is 0.648. The van der Waals surface area contributed by atoms with Gasteiger partial charge in [0.1, 0.15) is 4.90 Å². The van der Waals surface area contributed by atoms with Gasteiger partial charge in [0, 0.05) is 31.7 Å². The first kappa shape index (κ1) is 20.5. The number of likely N-dealkylation sites (tertiary alicyclic amines) is 1. The van der Waals surface area contributed by atoms with Crippen LogP contribution in [-0.2, 0) is 14.8 Å². The van der Waals surface area contributed by atoms with Gasteiger partial charge in [-0.15, -0.1) is 4.40 Å². The molecule has 2 aliphatic rings. The van der Waals surface area contributed by atoms with Gasteiger partial charge in [0.05, 0.1) is 17.6 Å². The molecular formula is C22H23N5O4S. The zero-order valence-corrected chi connectivity index (χ0v) is 18.4. The van der Waals surface area contributed by atoms with E-state index in [0.29, 0.717) is 31.5 Å². The maximum Gasteiger partial charge on any atom is 0.326 e. The minimum Gasteiger partial charge on any atom is -0.349 e. The predicted octanol–water partition coefficient (Wildman–Crippen LogP) is 1.57. The summed E-state index contributed by atoms with van der Waals surface area (Å²) in [6, 6.07) is 14.3. The minimum absolute atomic E-state index is 0.0247. The fourth-order valence-corrected chi connectivity index (χ4v) is 5.80. The van der Waals surface area contributed by atoms with Crippen LogP contribution in [0.5, 0.6) is 0 Å².